The molecule has 2 aliphatic rings. The van der Waals surface area contributed by atoms with E-state index in [9.17, 15) is 13.2 Å². The molecule has 1 saturated heterocycles. The molecule has 5 heteroatoms. The summed E-state index contributed by atoms with van der Waals surface area (Å²) in [6, 6.07) is 0.333. The number of sulfone groups is 1. The zero-order valence-electron chi connectivity index (χ0n) is 10.4. The van der Waals surface area contributed by atoms with E-state index in [0.29, 0.717) is 12.5 Å². The molecule has 0 bridgehead atoms. The molecule has 1 atom stereocenters. The number of hydrogen-bond acceptors (Lipinski definition) is 3. The Labute approximate surface area is 103 Å². The van der Waals surface area contributed by atoms with Gasteiger partial charge >= 0.3 is 0 Å². The third-order valence-corrected chi connectivity index (χ3v) is 5.82. The van der Waals surface area contributed by atoms with Crippen molar-refractivity contribution in [3.63, 3.8) is 0 Å². The van der Waals surface area contributed by atoms with Crippen LogP contribution in [0.25, 0.3) is 0 Å². The van der Waals surface area contributed by atoms with E-state index in [-0.39, 0.29) is 23.3 Å². The first-order valence-corrected chi connectivity index (χ1v) is 8.29. The number of hydrogen-bond donors (Lipinski definition) is 0. The molecule has 2 fully saturated rings. The normalized spacial score (nSPS) is 29.1. The largest absolute Gasteiger partial charge is 0.343 e. The fourth-order valence-corrected chi connectivity index (χ4v) is 4.66. The van der Waals surface area contributed by atoms with Crippen molar-refractivity contribution in [1.82, 2.24) is 4.90 Å². The minimum atomic E-state index is -2.95. The van der Waals surface area contributed by atoms with Gasteiger partial charge in [-0.05, 0) is 19.3 Å². The standard InChI is InChI=1S/C12H21NO3S/c1-13(11-5-3-2-4-6-11)12(14)10-7-8-17(15,16)9-10/h10-11H,2-9H2,1H3/t10-/m0/s1. The van der Waals surface area contributed by atoms with E-state index in [4.69, 9.17) is 0 Å². The van der Waals surface area contributed by atoms with E-state index < -0.39 is 9.84 Å². The van der Waals surface area contributed by atoms with E-state index in [1.54, 1.807) is 0 Å². The molecule has 0 spiro atoms. The van der Waals surface area contributed by atoms with Crippen LogP contribution in [0.5, 0.6) is 0 Å². The van der Waals surface area contributed by atoms with Crippen LogP contribution in [0.2, 0.25) is 0 Å². The summed E-state index contributed by atoms with van der Waals surface area (Å²) in [6.45, 7) is 0. The maximum absolute atomic E-state index is 12.2. The van der Waals surface area contributed by atoms with Crippen molar-refractivity contribution >= 4 is 15.7 Å². The Morgan fingerprint density at radius 3 is 2.29 bits per heavy atom. The summed E-state index contributed by atoms with van der Waals surface area (Å²) in [4.78, 5) is 14.0. The lowest BCUT2D eigenvalue weighted by atomic mass is 9.93. The second kappa shape index (κ2) is 4.96. The van der Waals surface area contributed by atoms with E-state index in [1.807, 2.05) is 11.9 Å². The topological polar surface area (TPSA) is 54.5 Å². The van der Waals surface area contributed by atoms with Crippen molar-refractivity contribution < 1.29 is 13.2 Å². The van der Waals surface area contributed by atoms with Gasteiger partial charge in [-0.2, -0.15) is 0 Å². The molecular formula is C12H21NO3S. The van der Waals surface area contributed by atoms with Crippen LogP contribution in [0.15, 0.2) is 0 Å². The number of amides is 1. The van der Waals surface area contributed by atoms with Crippen molar-refractivity contribution in [3.05, 3.63) is 0 Å². The van der Waals surface area contributed by atoms with Gasteiger partial charge in [0.05, 0.1) is 17.4 Å². The minimum absolute atomic E-state index is 0.0398. The minimum Gasteiger partial charge on any atom is -0.343 e. The number of rotatable bonds is 2. The predicted octanol–water partition coefficient (Wildman–Crippen LogP) is 1.21. The predicted molar refractivity (Wildman–Crippen MR) is 66.4 cm³/mol. The van der Waals surface area contributed by atoms with Crippen LogP contribution in [0.1, 0.15) is 38.5 Å². The quantitative estimate of drug-likeness (QED) is 0.749. The lowest BCUT2D eigenvalue weighted by molar-refractivity contribution is -0.136. The van der Waals surface area contributed by atoms with Crippen LogP contribution in [-0.2, 0) is 14.6 Å². The molecule has 0 unspecified atom stereocenters. The average molecular weight is 259 g/mol. The highest BCUT2D eigenvalue weighted by molar-refractivity contribution is 7.91. The van der Waals surface area contributed by atoms with Crippen LogP contribution in [0.4, 0.5) is 0 Å². The monoisotopic (exact) mass is 259 g/mol. The summed E-state index contributed by atoms with van der Waals surface area (Å²) in [6.07, 6.45) is 6.29. The molecule has 17 heavy (non-hydrogen) atoms. The van der Waals surface area contributed by atoms with Crippen molar-refractivity contribution in [3.8, 4) is 0 Å². The summed E-state index contributed by atoms with van der Waals surface area (Å²) >= 11 is 0. The second-order valence-corrected chi connectivity index (χ2v) is 7.57. The van der Waals surface area contributed by atoms with Crippen molar-refractivity contribution in [2.24, 2.45) is 5.92 Å². The Hall–Kier alpha value is -0.580. The molecule has 0 N–H and O–H groups in total. The van der Waals surface area contributed by atoms with Crippen LogP contribution in [0, 0.1) is 5.92 Å². The van der Waals surface area contributed by atoms with E-state index >= 15 is 0 Å². The van der Waals surface area contributed by atoms with E-state index in [2.05, 4.69) is 0 Å². The summed E-state index contributed by atoms with van der Waals surface area (Å²) in [7, 11) is -1.12. The summed E-state index contributed by atoms with van der Waals surface area (Å²) < 4.78 is 22.7. The van der Waals surface area contributed by atoms with Crippen LogP contribution in [0.3, 0.4) is 0 Å². The van der Waals surface area contributed by atoms with Gasteiger partial charge in [0.2, 0.25) is 5.91 Å². The van der Waals surface area contributed by atoms with Gasteiger partial charge in [-0.25, -0.2) is 8.42 Å². The first-order valence-electron chi connectivity index (χ1n) is 6.47. The van der Waals surface area contributed by atoms with Gasteiger partial charge in [-0.3, -0.25) is 4.79 Å². The van der Waals surface area contributed by atoms with Gasteiger partial charge in [0.15, 0.2) is 9.84 Å². The lowest BCUT2D eigenvalue weighted by Gasteiger charge is -2.32. The second-order valence-electron chi connectivity index (χ2n) is 5.34. The Morgan fingerprint density at radius 1 is 1.12 bits per heavy atom. The Morgan fingerprint density at radius 2 is 1.76 bits per heavy atom. The third kappa shape index (κ3) is 3.00. The first-order chi connectivity index (χ1) is 7.99. The van der Waals surface area contributed by atoms with E-state index in [1.165, 1.54) is 19.3 Å². The third-order valence-electron chi connectivity index (χ3n) is 4.05. The highest BCUT2D eigenvalue weighted by Crippen LogP contribution is 2.26. The molecule has 1 amide bonds. The molecule has 1 heterocycles. The zero-order chi connectivity index (χ0) is 12.5. The summed E-state index contributed by atoms with van der Waals surface area (Å²) in [5.74, 6) is -0.00458. The fraction of sp³-hybridized carbons (Fsp3) is 0.917. The molecule has 98 valence electrons. The van der Waals surface area contributed by atoms with Crippen molar-refractivity contribution in [2.75, 3.05) is 18.6 Å². The molecule has 0 radical (unpaired) electrons. The molecular weight excluding hydrogens is 238 g/mol. The van der Waals surface area contributed by atoms with Gasteiger partial charge in [-0.15, -0.1) is 0 Å². The van der Waals surface area contributed by atoms with Gasteiger partial charge in [0, 0.05) is 13.1 Å². The summed E-state index contributed by atoms with van der Waals surface area (Å²) in [5.41, 5.74) is 0. The van der Waals surface area contributed by atoms with Gasteiger partial charge in [-0.1, -0.05) is 19.3 Å². The average Bonchev–Trinajstić information content (AvgIpc) is 2.69. The number of carbonyl (C=O) groups excluding carboxylic acids is 1. The van der Waals surface area contributed by atoms with Gasteiger partial charge < -0.3 is 4.90 Å². The Balaban J connectivity index is 1.95. The maximum atomic E-state index is 12.2. The molecule has 1 saturated carbocycles. The molecule has 1 aliphatic carbocycles. The molecule has 0 aromatic carbocycles. The highest BCUT2D eigenvalue weighted by Gasteiger charge is 2.36. The highest BCUT2D eigenvalue weighted by atomic mass is 32.2. The van der Waals surface area contributed by atoms with Crippen LogP contribution < -0.4 is 0 Å². The fourth-order valence-electron chi connectivity index (χ4n) is 2.93. The van der Waals surface area contributed by atoms with Crippen LogP contribution in [-0.4, -0.2) is 43.8 Å². The molecule has 1 aliphatic heterocycles. The van der Waals surface area contributed by atoms with Crippen molar-refractivity contribution in [1.29, 1.82) is 0 Å². The van der Waals surface area contributed by atoms with Gasteiger partial charge in [0.25, 0.3) is 0 Å². The number of carbonyl (C=O) groups is 1. The molecule has 0 aromatic rings. The van der Waals surface area contributed by atoms with Crippen molar-refractivity contribution in [2.45, 2.75) is 44.6 Å². The van der Waals surface area contributed by atoms with Gasteiger partial charge in [0.1, 0.15) is 0 Å². The Bertz CT molecular complexity index is 385. The first kappa shape index (κ1) is 12.9. The zero-order valence-corrected chi connectivity index (χ0v) is 11.2. The maximum Gasteiger partial charge on any atom is 0.226 e. The smallest absolute Gasteiger partial charge is 0.226 e. The lowest BCUT2D eigenvalue weighted by Crippen LogP contribution is -2.42. The van der Waals surface area contributed by atoms with Crippen LogP contribution >= 0.6 is 0 Å². The molecule has 2 rings (SSSR count). The Kier molecular flexibility index (Phi) is 3.76. The van der Waals surface area contributed by atoms with E-state index in [0.717, 1.165) is 12.8 Å². The SMILES string of the molecule is CN(C(=O)[C@H]1CCS(=O)(=O)C1)C1CCCCC1. The molecule has 0 aromatic heterocycles. The summed E-state index contributed by atoms with van der Waals surface area (Å²) in [5, 5.41) is 0. The molecule has 4 nitrogen and oxygen atoms in total. The number of nitrogens with zero attached hydrogens (tertiary/aromatic N) is 1.